The van der Waals surface area contributed by atoms with E-state index < -0.39 is 11.9 Å². The van der Waals surface area contributed by atoms with Crippen molar-refractivity contribution in [2.24, 2.45) is 0 Å². The van der Waals surface area contributed by atoms with E-state index in [4.69, 9.17) is 26.2 Å². The number of rotatable bonds is 3. The van der Waals surface area contributed by atoms with Crippen LogP contribution < -0.4 is 14.8 Å². The molecule has 1 aliphatic heterocycles. The first-order valence-electron chi connectivity index (χ1n) is 6.78. The van der Waals surface area contributed by atoms with Crippen molar-refractivity contribution < 1.29 is 24.2 Å². The molecule has 3 rings (SSSR count). The Morgan fingerprint density at radius 2 is 1.78 bits per heavy atom. The van der Waals surface area contributed by atoms with Gasteiger partial charge in [-0.1, -0.05) is 11.6 Å². The molecule has 0 fully saturated rings. The van der Waals surface area contributed by atoms with Gasteiger partial charge in [-0.25, -0.2) is 4.79 Å². The molecule has 0 saturated carbocycles. The highest BCUT2D eigenvalue weighted by Crippen LogP contribution is 2.31. The number of benzene rings is 2. The molecule has 0 unspecified atom stereocenters. The predicted octanol–water partition coefficient (Wildman–Crippen LogP) is 3.06. The van der Waals surface area contributed by atoms with Gasteiger partial charge in [0.2, 0.25) is 0 Å². The third-order valence-corrected chi connectivity index (χ3v) is 3.50. The number of carbonyl (C=O) groups is 2. The van der Waals surface area contributed by atoms with Gasteiger partial charge in [-0.2, -0.15) is 0 Å². The SMILES string of the molecule is O=C(Nc1cc(Cl)ccc1C(=O)O)c1ccc2c(c1)OCCO2. The summed E-state index contributed by atoms with van der Waals surface area (Å²) in [6, 6.07) is 8.94. The van der Waals surface area contributed by atoms with Crippen molar-refractivity contribution in [3.05, 3.63) is 52.5 Å². The van der Waals surface area contributed by atoms with E-state index in [0.717, 1.165) is 0 Å². The van der Waals surface area contributed by atoms with E-state index in [1.165, 1.54) is 18.2 Å². The first-order valence-corrected chi connectivity index (χ1v) is 7.16. The standard InChI is InChI=1S/C16H12ClNO5/c17-10-2-3-11(16(20)21)12(8-10)18-15(19)9-1-4-13-14(7-9)23-6-5-22-13/h1-4,7-8H,5-6H2,(H,18,19)(H,20,21). The van der Waals surface area contributed by atoms with Gasteiger partial charge in [0.05, 0.1) is 11.3 Å². The first kappa shape index (κ1) is 15.2. The number of halogens is 1. The van der Waals surface area contributed by atoms with Gasteiger partial charge in [-0.15, -0.1) is 0 Å². The van der Waals surface area contributed by atoms with Gasteiger partial charge in [0, 0.05) is 10.6 Å². The second-order valence-electron chi connectivity index (χ2n) is 4.81. The van der Waals surface area contributed by atoms with Gasteiger partial charge in [0.15, 0.2) is 11.5 Å². The smallest absolute Gasteiger partial charge is 0.337 e. The molecule has 2 N–H and O–H groups in total. The van der Waals surface area contributed by atoms with E-state index in [9.17, 15) is 9.59 Å². The quantitative estimate of drug-likeness (QED) is 0.901. The van der Waals surface area contributed by atoms with Crippen LogP contribution in [0.15, 0.2) is 36.4 Å². The predicted molar refractivity (Wildman–Crippen MR) is 83.8 cm³/mol. The number of ether oxygens (including phenoxy) is 2. The molecule has 0 saturated heterocycles. The number of fused-ring (bicyclic) bond motifs is 1. The number of hydrogen-bond acceptors (Lipinski definition) is 4. The highest BCUT2D eigenvalue weighted by atomic mass is 35.5. The maximum Gasteiger partial charge on any atom is 0.337 e. The van der Waals surface area contributed by atoms with Gasteiger partial charge in [-0.3, -0.25) is 4.79 Å². The molecule has 1 heterocycles. The third-order valence-electron chi connectivity index (χ3n) is 3.26. The van der Waals surface area contributed by atoms with E-state index in [1.54, 1.807) is 18.2 Å². The summed E-state index contributed by atoms with van der Waals surface area (Å²) in [5.74, 6) is -0.568. The number of carboxylic acids is 1. The maximum absolute atomic E-state index is 12.3. The molecule has 0 atom stereocenters. The molecule has 0 aliphatic carbocycles. The second kappa shape index (κ2) is 6.18. The Labute approximate surface area is 136 Å². The Morgan fingerprint density at radius 3 is 2.52 bits per heavy atom. The Morgan fingerprint density at radius 1 is 1.04 bits per heavy atom. The fourth-order valence-corrected chi connectivity index (χ4v) is 2.36. The van der Waals surface area contributed by atoms with E-state index in [0.29, 0.717) is 35.3 Å². The number of nitrogens with one attached hydrogen (secondary N) is 1. The molecular formula is C16H12ClNO5. The van der Waals surface area contributed by atoms with Crippen LogP contribution in [-0.2, 0) is 0 Å². The van der Waals surface area contributed by atoms with Crippen LogP contribution in [0.2, 0.25) is 5.02 Å². The summed E-state index contributed by atoms with van der Waals surface area (Å²) in [5.41, 5.74) is 0.413. The summed E-state index contributed by atoms with van der Waals surface area (Å²) in [6.45, 7) is 0.874. The number of carbonyl (C=O) groups excluding carboxylic acids is 1. The molecule has 23 heavy (non-hydrogen) atoms. The zero-order valence-electron chi connectivity index (χ0n) is 11.8. The highest BCUT2D eigenvalue weighted by Gasteiger charge is 2.17. The van der Waals surface area contributed by atoms with Crippen LogP contribution in [-0.4, -0.2) is 30.2 Å². The van der Waals surface area contributed by atoms with Crippen LogP contribution in [0.3, 0.4) is 0 Å². The number of hydrogen-bond donors (Lipinski definition) is 2. The molecule has 6 nitrogen and oxygen atoms in total. The maximum atomic E-state index is 12.3. The van der Waals surface area contributed by atoms with Gasteiger partial charge >= 0.3 is 5.97 Å². The molecule has 0 bridgehead atoms. The lowest BCUT2D eigenvalue weighted by atomic mass is 10.1. The van der Waals surface area contributed by atoms with E-state index >= 15 is 0 Å². The highest BCUT2D eigenvalue weighted by molar-refractivity contribution is 6.31. The number of anilines is 1. The van der Waals surface area contributed by atoms with Crippen molar-refractivity contribution in [2.75, 3.05) is 18.5 Å². The van der Waals surface area contributed by atoms with Crippen molar-refractivity contribution in [1.82, 2.24) is 0 Å². The first-order chi connectivity index (χ1) is 11.0. The average Bonchev–Trinajstić information content (AvgIpc) is 2.54. The minimum absolute atomic E-state index is 0.0414. The summed E-state index contributed by atoms with van der Waals surface area (Å²) in [7, 11) is 0. The van der Waals surface area contributed by atoms with Gasteiger partial charge in [0.1, 0.15) is 13.2 Å². The molecule has 1 aliphatic rings. The number of amides is 1. The average molecular weight is 334 g/mol. The summed E-state index contributed by atoms with van der Waals surface area (Å²) < 4.78 is 10.8. The van der Waals surface area contributed by atoms with Gasteiger partial charge < -0.3 is 19.9 Å². The fourth-order valence-electron chi connectivity index (χ4n) is 2.19. The largest absolute Gasteiger partial charge is 0.486 e. The van der Waals surface area contributed by atoms with Gasteiger partial charge in [-0.05, 0) is 36.4 Å². The van der Waals surface area contributed by atoms with Crippen molar-refractivity contribution in [3.8, 4) is 11.5 Å². The normalized spacial score (nSPS) is 12.6. The number of aromatic carboxylic acids is 1. The Hall–Kier alpha value is -2.73. The molecule has 0 radical (unpaired) electrons. The van der Waals surface area contributed by atoms with E-state index in [-0.39, 0.29) is 11.3 Å². The van der Waals surface area contributed by atoms with Crippen LogP contribution in [0.4, 0.5) is 5.69 Å². The summed E-state index contributed by atoms with van der Waals surface area (Å²) in [5, 5.41) is 12.0. The van der Waals surface area contributed by atoms with Crippen LogP contribution in [0.25, 0.3) is 0 Å². The van der Waals surface area contributed by atoms with Crippen LogP contribution in [0.1, 0.15) is 20.7 Å². The second-order valence-corrected chi connectivity index (χ2v) is 5.24. The monoisotopic (exact) mass is 333 g/mol. The molecule has 0 aromatic heterocycles. The molecule has 2 aromatic carbocycles. The van der Waals surface area contributed by atoms with Gasteiger partial charge in [0.25, 0.3) is 5.91 Å². The minimum atomic E-state index is -1.15. The summed E-state index contributed by atoms with van der Waals surface area (Å²) in [6.07, 6.45) is 0. The minimum Gasteiger partial charge on any atom is -0.486 e. The summed E-state index contributed by atoms with van der Waals surface area (Å²) in [4.78, 5) is 23.6. The summed E-state index contributed by atoms with van der Waals surface area (Å²) >= 11 is 5.87. The van der Waals surface area contributed by atoms with Crippen LogP contribution in [0, 0.1) is 0 Å². The zero-order valence-corrected chi connectivity index (χ0v) is 12.6. The van der Waals surface area contributed by atoms with Crippen molar-refractivity contribution >= 4 is 29.2 Å². The van der Waals surface area contributed by atoms with E-state index in [2.05, 4.69) is 5.32 Å². The van der Waals surface area contributed by atoms with Crippen molar-refractivity contribution in [2.45, 2.75) is 0 Å². The third kappa shape index (κ3) is 3.22. The zero-order chi connectivity index (χ0) is 16.4. The molecule has 118 valence electrons. The van der Waals surface area contributed by atoms with Crippen LogP contribution in [0.5, 0.6) is 11.5 Å². The molecular weight excluding hydrogens is 322 g/mol. The Balaban J connectivity index is 1.87. The van der Waals surface area contributed by atoms with Crippen molar-refractivity contribution in [1.29, 1.82) is 0 Å². The number of carboxylic acid groups (broad SMARTS) is 1. The molecule has 1 amide bonds. The fraction of sp³-hybridized carbons (Fsp3) is 0.125. The lowest BCUT2D eigenvalue weighted by molar-refractivity contribution is 0.0698. The Kier molecular flexibility index (Phi) is 4.08. The van der Waals surface area contributed by atoms with Crippen molar-refractivity contribution in [3.63, 3.8) is 0 Å². The van der Waals surface area contributed by atoms with E-state index in [1.807, 2.05) is 0 Å². The Bertz CT molecular complexity index is 790. The topological polar surface area (TPSA) is 84.9 Å². The molecule has 7 heteroatoms. The lowest BCUT2D eigenvalue weighted by Gasteiger charge is -2.18. The van der Waals surface area contributed by atoms with Crippen LogP contribution >= 0.6 is 11.6 Å². The molecule has 0 spiro atoms. The molecule has 2 aromatic rings. The lowest BCUT2D eigenvalue weighted by Crippen LogP contribution is -2.18.